The van der Waals surface area contributed by atoms with Crippen molar-refractivity contribution in [3.05, 3.63) is 12.2 Å². The maximum absolute atomic E-state index is 9.09. The molecule has 1 saturated carbocycles. The second kappa shape index (κ2) is 7.46. The highest BCUT2D eigenvalue weighted by Crippen LogP contribution is 2.31. The van der Waals surface area contributed by atoms with E-state index in [0.717, 1.165) is 38.5 Å². The zero-order chi connectivity index (χ0) is 11.8. The Labute approximate surface area is 99.0 Å². The number of hydrogen-bond acceptors (Lipinski definition) is 2. The van der Waals surface area contributed by atoms with E-state index in [2.05, 4.69) is 18.2 Å². The lowest BCUT2D eigenvalue weighted by atomic mass is 10.0. The Morgan fingerprint density at radius 1 is 1.44 bits per heavy atom. The quantitative estimate of drug-likeness (QED) is 0.551. The third kappa shape index (κ3) is 5.32. The fourth-order valence-corrected chi connectivity index (χ4v) is 2.30. The molecule has 2 nitrogen and oxygen atoms in total. The summed E-state index contributed by atoms with van der Waals surface area (Å²) in [6.07, 6.45) is 12.0. The Morgan fingerprint density at radius 3 is 2.88 bits per heavy atom. The number of allylic oxidation sites excluding steroid dienone is 2. The van der Waals surface area contributed by atoms with Gasteiger partial charge in [-0.1, -0.05) is 18.6 Å². The normalized spacial score (nSPS) is 27.1. The standard InChI is InChI=1S/C14H23NO/c1-12(16)6-4-2-3-5-7-13-8-9-14(10-13)11-15/h5,7,12-14,16H,2-4,6,8-10H2,1H3/b7-5+/t12-,13+,14-/m1/s1. The summed E-state index contributed by atoms with van der Waals surface area (Å²) in [6, 6.07) is 2.36. The third-order valence-corrected chi connectivity index (χ3v) is 3.31. The van der Waals surface area contributed by atoms with Crippen LogP contribution in [0.2, 0.25) is 0 Å². The van der Waals surface area contributed by atoms with Crippen LogP contribution in [0.5, 0.6) is 0 Å². The van der Waals surface area contributed by atoms with Gasteiger partial charge in [0.2, 0.25) is 0 Å². The average molecular weight is 221 g/mol. The van der Waals surface area contributed by atoms with Crippen LogP contribution in [0.15, 0.2) is 12.2 Å². The first-order chi connectivity index (χ1) is 7.72. The lowest BCUT2D eigenvalue weighted by Crippen LogP contribution is -1.97. The van der Waals surface area contributed by atoms with Gasteiger partial charge in [0.25, 0.3) is 0 Å². The molecule has 16 heavy (non-hydrogen) atoms. The molecule has 0 saturated heterocycles. The highest BCUT2D eigenvalue weighted by molar-refractivity contribution is 4.98. The fourth-order valence-electron chi connectivity index (χ4n) is 2.30. The van der Waals surface area contributed by atoms with Gasteiger partial charge in [-0.2, -0.15) is 5.26 Å². The molecule has 0 aromatic rings. The SMILES string of the molecule is C[C@@H](O)CCCC/C=C/[C@H]1CC[C@@H](C#N)C1. The monoisotopic (exact) mass is 221 g/mol. The zero-order valence-corrected chi connectivity index (χ0v) is 10.2. The van der Waals surface area contributed by atoms with Gasteiger partial charge in [0.1, 0.15) is 0 Å². The van der Waals surface area contributed by atoms with E-state index >= 15 is 0 Å². The van der Waals surface area contributed by atoms with Crippen molar-refractivity contribution in [2.24, 2.45) is 11.8 Å². The van der Waals surface area contributed by atoms with Crippen LogP contribution < -0.4 is 0 Å². The topological polar surface area (TPSA) is 44.0 Å². The predicted molar refractivity (Wildman–Crippen MR) is 65.7 cm³/mol. The van der Waals surface area contributed by atoms with Crippen LogP contribution in [0.4, 0.5) is 0 Å². The van der Waals surface area contributed by atoms with E-state index in [1.54, 1.807) is 0 Å². The van der Waals surface area contributed by atoms with Crippen molar-refractivity contribution < 1.29 is 5.11 Å². The molecule has 2 heteroatoms. The third-order valence-electron chi connectivity index (χ3n) is 3.31. The first-order valence-electron chi connectivity index (χ1n) is 6.46. The van der Waals surface area contributed by atoms with Crippen LogP contribution in [0.3, 0.4) is 0 Å². The summed E-state index contributed by atoms with van der Waals surface area (Å²) < 4.78 is 0. The Morgan fingerprint density at radius 2 is 2.25 bits per heavy atom. The summed E-state index contributed by atoms with van der Waals surface area (Å²) in [5, 5.41) is 17.9. The van der Waals surface area contributed by atoms with E-state index in [-0.39, 0.29) is 6.10 Å². The molecule has 1 N–H and O–H groups in total. The maximum atomic E-state index is 9.09. The summed E-state index contributed by atoms with van der Waals surface area (Å²) in [6.45, 7) is 1.84. The molecule has 90 valence electrons. The minimum absolute atomic E-state index is 0.157. The highest BCUT2D eigenvalue weighted by atomic mass is 16.3. The van der Waals surface area contributed by atoms with Crippen molar-refractivity contribution in [1.82, 2.24) is 0 Å². The van der Waals surface area contributed by atoms with Crippen molar-refractivity contribution in [2.75, 3.05) is 0 Å². The van der Waals surface area contributed by atoms with Gasteiger partial charge < -0.3 is 5.11 Å². The smallest absolute Gasteiger partial charge is 0.0656 e. The summed E-state index contributed by atoms with van der Waals surface area (Å²) in [4.78, 5) is 0. The first kappa shape index (κ1) is 13.3. The molecule has 1 aliphatic carbocycles. The molecular formula is C14H23NO. The fraction of sp³-hybridized carbons (Fsp3) is 0.786. The molecule has 0 aromatic carbocycles. The maximum Gasteiger partial charge on any atom is 0.0656 e. The molecule has 0 aromatic heterocycles. The second-order valence-electron chi connectivity index (χ2n) is 4.96. The van der Waals surface area contributed by atoms with Crippen molar-refractivity contribution in [3.8, 4) is 6.07 Å². The summed E-state index contributed by atoms with van der Waals surface area (Å²) in [7, 11) is 0. The number of unbranched alkanes of at least 4 members (excludes halogenated alkanes) is 2. The molecule has 1 aliphatic rings. The van der Waals surface area contributed by atoms with E-state index in [9.17, 15) is 0 Å². The zero-order valence-electron chi connectivity index (χ0n) is 10.2. The van der Waals surface area contributed by atoms with E-state index in [4.69, 9.17) is 10.4 Å². The van der Waals surface area contributed by atoms with Gasteiger partial charge in [0.15, 0.2) is 0 Å². The van der Waals surface area contributed by atoms with E-state index in [0.29, 0.717) is 11.8 Å². The number of hydrogen-bond donors (Lipinski definition) is 1. The number of aliphatic hydroxyl groups excluding tert-OH is 1. The molecule has 0 unspecified atom stereocenters. The largest absolute Gasteiger partial charge is 0.393 e. The molecule has 1 rings (SSSR count). The summed E-state index contributed by atoms with van der Waals surface area (Å²) in [5.74, 6) is 0.936. The van der Waals surface area contributed by atoms with E-state index < -0.39 is 0 Å². The first-order valence-corrected chi connectivity index (χ1v) is 6.46. The van der Waals surface area contributed by atoms with Crippen LogP contribution in [0, 0.1) is 23.2 Å². The van der Waals surface area contributed by atoms with Crippen molar-refractivity contribution in [3.63, 3.8) is 0 Å². The minimum atomic E-state index is -0.157. The molecular weight excluding hydrogens is 198 g/mol. The van der Waals surface area contributed by atoms with Gasteiger partial charge in [-0.05, 0) is 51.4 Å². The molecule has 0 heterocycles. The molecule has 0 radical (unpaired) electrons. The van der Waals surface area contributed by atoms with Crippen LogP contribution in [-0.2, 0) is 0 Å². The van der Waals surface area contributed by atoms with Gasteiger partial charge >= 0.3 is 0 Å². The molecule has 0 bridgehead atoms. The summed E-state index contributed by atoms with van der Waals surface area (Å²) in [5.41, 5.74) is 0. The number of nitriles is 1. The molecule has 1 fully saturated rings. The Bertz CT molecular complexity index is 252. The van der Waals surface area contributed by atoms with Crippen molar-refractivity contribution in [1.29, 1.82) is 5.26 Å². The predicted octanol–water partition coefficient (Wildman–Crippen LogP) is 3.42. The lowest BCUT2D eigenvalue weighted by molar-refractivity contribution is 0.181. The number of rotatable bonds is 6. The van der Waals surface area contributed by atoms with E-state index in [1.165, 1.54) is 6.42 Å². The molecule has 3 atom stereocenters. The average Bonchev–Trinajstić information content (AvgIpc) is 2.70. The second-order valence-corrected chi connectivity index (χ2v) is 4.96. The molecule has 0 aliphatic heterocycles. The highest BCUT2D eigenvalue weighted by Gasteiger charge is 2.21. The van der Waals surface area contributed by atoms with Crippen LogP contribution in [0.1, 0.15) is 51.9 Å². The van der Waals surface area contributed by atoms with Gasteiger partial charge in [-0.15, -0.1) is 0 Å². The molecule has 0 amide bonds. The Hall–Kier alpha value is -0.810. The van der Waals surface area contributed by atoms with Crippen LogP contribution >= 0.6 is 0 Å². The minimum Gasteiger partial charge on any atom is -0.393 e. The summed E-state index contributed by atoms with van der Waals surface area (Å²) >= 11 is 0. The lowest BCUT2D eigenvalue weighted by Gasteiger charge is -2.03. The van der Waals surface area contributed by atoms with Gasteiger partial charge in [-0.3, -0.25) is 0 Å². The Balaban J connectivity index is 2.03. The number of aliphatic hydroxyl groups is 1. The molecule has 0 spiro atoms. The Kier molecular flexibility index (Phi) is 6.18. The van der Waals surface area contributed by atoms with Gasteiger partial charge in [0.05, 0.1) is 12.2 Å². The van der Waals surface area contributed by atoms with E-state index in [1.807, 2.05) is 6.92 Å². The number of nitrogens with zero attached hydrogens (tertiary/aromatic N) is 1. The van der Waals surface area contributed by atoms with Crippen LogP contribution in [0.25, 0.3) is 0 Å². The van der Waals surface area contributed by atoms with Crippen LogP contribution in [-0.4, -0.2) is 11.2 Å². The van der Waals surface area contributed by atoms with Gasteiger partial charge in [-0.25, -0.2) is 0 Å². The van der Waals surface area contributed by atoms with Crippen molar-refractivity contribution in [2.45, 2.75) is 58.0 Å². The van der Waals surface area contributed by atoms with Gasteiger partial charge in [0, 0.05) is 5.92 Å². The van der Waals surface area contributed by atoms with Crippen molar-refractivity contribution >= 4 is 0 Å².